The molecule has 0 bridgehead atoms. The van der Waals surface area contributed by atoms with Crippen LogP contribution in [0.5, 0.6) is 0 Å². The number of carbonyl (C=O) groups is 1. The first-order chi connectivity index (χ1) is 9.49. The lowest BCUT2D eigenvalue weighted by atomic mass is 9.83. The van der Waals surface area contributed by atoms with Crippen molar-refractivity contribution in [3.63, 3.8) is 0 Å². The molecule has 1 amide bonds. The van der Waals surface area contributed by atoms with E-state index in [0.717, 1.165) is 6.42 Å². The van der Waals surface area contributed by atoms with Gasteiger partial charge < -0.3 is 16.2 Å². The van der Waals surface area contributed by atoms with E-state index in [1.54, 1.807) is 0 Å². The Balaban J connectivity index is 2.14. The normalized spacial score (nSPS) is 19.9. The Bertz CT molecular complexity index is 276. The summed E-state index contributed by atoms with van der Waals surface area (Å²) in [5.74, 6) is 1.12. The van der Waals surface area contributed by atoms with Gasteiger partial charge in [0.25, 0.3) is 0 Å². The molecule has 1 fully saturated rings. The van der Waals surface area contributed by atoms with E-state index in [1.165, 1.54) is 32.1 Å². The van der Waals surface area contributed by atoms with Gasteiger partial charge in [-0.2, -0.15) is 0 Å². The summed E-state index contributed by atoms with van der Waals surface area (Å²) in [7, 11) is 0. The zero-order valence-electron chi connectivity index (χ0n) is 13.1. The van der Waals surface area contributed by atoms with Crippen LogP contribution in [0.4, 0.5) is 0 Å². The summed E-state index contributed by atoms with van der Waals surface area (Å²) in [5.41, 5.74) is 6.08. The van der Waals surface area contributed by atoms with Crippen molar-refractivity contribution < 1.29 is 9.90 Å². The molecule has 1 aliphatic rings. The van der Waals surface area contributed by atoms with Crippen molar-refractivity contribution in [2.45, 2.75) is 77.4 Å². The highest BCUT2D eigenvalue weighted by molar-refractivity contribution is 5.75. The number of rotatable bonds is 8. The monoisotopic (exact) mass is 284 g/mol. The van der Waals surface area contributed by atoms with Crippen LogP contribution >= 0.6 is 0 Å². The van der Waals surface area contributed by atoms with Crippen molar-refractivity contribution in [1.82, 2.24) is 5.32 Å². The van der Waals surface area contributed by atoms with Gasteiger partial charge in [-0.05, 0) is 24.7 Å². The second-order valence-corrected chi connectivity index (χ2v) is 6.71. The Morgan fingerprint density at radius 1 is 1.30 bits per heavy atom. The topological polar surface area (TPSA) is 75.3 Å². The first kappa shape index (κ1) is 17.4. The summed E-state index contributed by atoms with van der Waals surface area (Å²) in [6.45, 7) is 4.56. The molecule has 1 saturated carbocycles. The molecule has 0 aromatic heterocycles. The van der Waals surface area contributed by atoms with Crippen LogP contribution in [0.25, 0.3) is 0 Å². The highest BCUT2D eigenvalue weighted by atomic mass is 16.3. The number of nitrogens with one attached hydrogen (secondary N) is 1. The third kappa shape index (κ3) is 7.25. The van der Waals surface area contributed by atoms with E-state index in [2.05, 4.69) is 5.32 Å². The predicted molar refractivity (Wildman–Crippen MR) is 82.3 cm³/mol. The van der Waals surface area contributed by atoms with Crippen LogP contribution < -0.4 is 11.1 Å². The molecule has 0 aliphatic heterocycles. The maximum absolute atomic E-state index is 11.5. The molecule has 4 nitrogen and oxygen atoms in total. The summed E-state index contributed by atoms with van der Waals surface area (Å²) < 4.78 is 0. The summed E-state index contributed by atoms with van der Waals surface area (Å²) in [5, 5.41) is 12.9. The van der Waals surface area contributed by atoms with Crippen molar-refractivity contribution in [2.75, 3.05) is 6.54 Å². The summed E-state index contributed by atoms with van der Waals surface area (Å²) >= 11 is 0. The largest absolute Gasteiger partial charge is 0.391 e. The van der Waals surface area contributed by atoms with Crippen molar-refractivity contribution in [1.29, 1.82) is 0 Å². The second-order valence-electron chi connectivity index (χ2n) is 6.71. The maximum Gasteiger partial charge on any atom is 0.220 e. The van der Waals surface area contributed by atoms with Gasteiger partial charge in [-0.1, -0.05) is 46.0 Å². The molecule has 2 atom stereocenters. The van der Waals surface area contributed by atoms with Gasteiger partial charge in [-0.3, -0.25) is 4.79 Å². The molecular formula is C16H32N2O2. The van der Waals surface area contributed by atoms with Crippen LogP contribution in [-0.2, 0) is 4.79 Å². The van der Waals surface area contributed by atoms with Gasteiger partial charge in [0.1, 0.15) is 0 Å². The SMILES string of the molecule is CC(C)CC(=O)NCC[C@H](O)[C@@H](N)CC1CCCCC1. The third-order valence-electron chi connectivity index (χ3n) is 4.18. The fourth-order valence-corrected chi connectivity index (χ4v) is 2.98. The van der Waals surface area contributed by atoms with Crippen LogP contribution in [0.1, 0.15) is 65.2 Å². The summed E-state index contributed by atoms with van der Waals surface area (Å²) in [6, 6.07) is -0.153. The van der Waals surface area contributed by atoms with E-state index in [1.807, 2.05) is 13.8 Å². The number of aliphatic hydroxyl groups excluding tert-OH is 1. The maximum atomic E-state index is 11.5. The van der Waals surface area contributed by atoms with Crippen LogP contribution in [0.2, 0.25) is 0 Å². The first-order valence-electron chi connectivity index (χ1n) is 8.19. The molecule has 0 spiro atoms. The van der Waals surface area contributed by atoms with Gasteiger partial charge in [0.2, 0.25) is 5.91 Å². The van der Waals surface area contributed by atoms with Crippen molar-refractivity contribution in [3.05, 3.63) is 0 Å². The molecule has 0 heterocycles. The molecule has 0 unspecified atom stereocenters. The van der Waals surface area contributed by atoms with Crippen molar-refractivity contribution in [2.24, 2.45) is 17.6 Å². The molecule has 118 valence electrons. The Labute approximate surface area is 123 Å². The van der Waals surface area contributed by atoms with Crippen molar-refractivity contribution >= 4 is 5.91 Å². The average Bonchev–Trinajstić information content (AvgIpc) is 2.38. The molecule has 1 aliphatic carbocycles. The van der Waals surface area contributed by atoms with Crippen LogP contribution in [0.3, 0.4) is 0 Å². The number of carbonyl (C=O) groups excluding carboxylic acids is 1. The zero-order valence-corrected chi connectivity index (χ0v) is 13.1. The summed E-state index contributed by atoms with van der Waals surface area (Å²) in [4.78, 5) is 11.5. The Morgan fingerprint density at radius 3 is 2.55 bits per heavy atom. The van der Waals surface area contributed by atoms with Gasteiger partial charge in [-0.15, -0.1) is 0 Å². The van der Waals surface area contributed by atoms with Crippen LogP contribution in [0.15, 0.2) is 0 Å². The average molecular weight is 284 g/mol. The van der Waals surface area contributed by atoms with Gasteiger partial charge in [0.05, 0.1) is 6.10 Å². The number of amides is 1. The molecule has 0 radical (unpaired) electrons. The second kappa shape index (κ2) is 9.35. The third-order valence-corrected chi connectivity index (χ3v) is 4.18. The summed E-state index contributed by atoms with van der Waals surface area (Å²) in [6.07, 6.45) is 7.98. The fourth-order valence-electron chi connectivity index (χ4n) is 2.98. The molecule has 0 aromatic rings. The van der Waals surface area contributed by atoms with E-state index >= 15 is 0 Å². The number of nitrogens with two attached hydrogens (primary N) is 1. The first-order valence-corrected chi connectivity index (χ1v) is 8.19. The number of hydrogen-bond acceptors (Lipinski definition) is 3. The number of aliphatic hydroxyl groups is 1. The zero-order chi connectivity index (χ0) is 15.0. The minimum absolute atomic E-state index is 0.0630. The van der Waals surface area contributed by atoms with Gasteiger partial charge in [0.15, 0.2) is 0 Å². The number of hydrogen-bond donors (Lipinski definition) is 3. The quantitative estimate of drug-likeness (QED) is 0.639. The lowest BCUT2D eigenvalue weighted by Gasteiger charge is -2.27. The lowest BCUT2D eigenvalue weighted by molar-refractivity contribution is -0.121. The minimum atomic E-state index is -0.503. The van der Waals surface area contributed by atoms with E-state index < -0.39 is 6.10 Å². The van der Waals surface area contributed by atoms with Crippen LogP contribution in [0, 0.1) is 11.8 Å². The molecular weight excluding hydrogens is 252 g/mol. The van der Waals surface area contributed by atoms with Gasteiger partial charge >= 0.3 is 0 Å². The van der Waals surface area contributed by atoms with Crippen molar-refractivity contribution in [3.8, 4) is 0 Å². The molecule has 1 rings (SSSR count). The van der Waals surface area contributed by atoms with Gasteiger partial charge in [-0.25, -0.2) is 0 Å². The lowest BCUT2D eigenvalue weighted by Crippen LogP contribution is -2.39. The predicted octanol–water partition coefficient (Wildman–Crippen LogP) is 2.20. The molecule has 4 N–H and O–H groups in total. The van der Waals surface area contributed by atoms with E-state index in [9.17, 15) is 9.90 Å². The molecule has 4 heteroatoms. The highest BCUT2D eigenvalue weighted by Crippen LogP contribution is 2.27. The van der Waals surface area contributed by atoms with E-state index in [0.29, 0.717) is 31.2 Å². The standard InChI is InChI=1S/C16H32N2O2/c1-12(2)10-16(20)18-9-8-15(19)14(17)11-13-6-4-3-5-7-13/h12-15,19H,3-11,17H2,1-2H3,(H,18,20)/t14-,15-/m0/s1. The smallest absolute Gasteiger partial charge is 0.220 e. The Kier molecular flexibility index (Phi) is 8.15. The Morgan fingerprint density at radius 2 is 1.95 bits per heavy atom. The van der Waals surface area contributed by atoms with Crippen LogP contribution in [-0.4, -0.2) is 29.7 Å². The minimum Gasteiger partial charge on any atom is -0.391 e. The molecule has 0 aromatic carbocycles. The van der Waals surface area contributed by atoms with Gasteiger partial charge in [0, 0.05) is 19.0 Å². The molecule has 20 heavy (non-hydrogen) atoms. The van der Waals surface area contributed by atoms with E-state index in [4.69, 9.17) is 5.73 Å². The Hall–Kier alpha value is -0.610. The molecule has 0 saturated heterocycles. The van der Waals surface area contributed by atoms with E-state index in [-0.39, 0.29) is 11.9 Å². The highest BCUT2D eigenvalue weighted by Gasteiger charge is 2.21. The fraction of sp³-hybridized carbons (Fsp3) is 0.938.